The predicted octanol–water partition coefficient (Wildman–Crippen LogP) is 1.23. The fraction of sp³-hybridized carbons (Fsp3) is 0.500. The van der Waals surface area contributed by atoms with Crippen LogP contribution < -0.4 is 5.32 Å². The summed E-state index contributed by atoms with van der Waals surface area (Å²) in [5.41, 5.74) is 1.20. The number of anilines is 1. The molecule has 0 aliphatic carbocycles. The van der Waals surface area contributed by atoms with E-state index in [0.717, 1.165) is 25.3 Å². The zero-order valence-electron chi connectivity index (χ0n) is 10.6. The van der Waals surface area contributed by atoms with Gasteiger partial charge in [0.15, 0.2) is 0 Å². The molecule has 5 heteroatoms. The van der Waals surface area contributed by atoms with Gasteiger partial charge in [0.25, 0.3) is 0 Å². The quantitative estimate of drug-likeness (QED) is 0.754. The summed E-state index contributed by atoms with van der Waals surface area (Å²) in [6, 6.07) is 3.52. The van der Waals surface area contributed by atoms with Crippen molar-refractivity contribution in [3.8, 4) is 0 Å². The first-order chi connectivity index (χ1) is 8.17. The third kappa shape index (κ3) is 4.40. The van der Waals surface area contributed by atoms with Crippen molar-refractivity contribution in [1.29, 1.82) is 0 Å². The van der Waals surface area contributed by atoms with Gasteiger partial charge in [-0.1, -0.05) is 6.92 Å². The van der Waals surface area contributed by atoms with E-state index in [9.17, 15) is 4.79 Å². The van der Waals surface area contributed by atoms with Gasteiger partial charge in [0.2, 0.25) is 0 Å². The van der Waals surface area contributed by atoms with Crippen LogP contribution in [0, 0.1) is 0 Å². The van der Waals surface area contributed by atoms with Crippen molar-refractivity contribution in [1.82, 2.24) is 9.88 Å². The van der Waals surface area contributed by atoms with Crippen LogP contribution in [0.25, 0.3) is 0 Å². The van der Waals surface area contributed by atoms with Gasteiger partial charge in [0.1, 0.15) is 5.69 Å². The minimum Gasteiger partial charge on any atom is -0.464 e. The molecule has 0 aliphatic heterocycles. The molecule has 0 saturated carbocycles. The summed E-state index contributed by atoms with van der Waals surface area (Å²) in [5.74, 6) is -0.417. The number of carbonyl (C=O) groups is 1. The van der Waals surface area contributed by atoms with E-state index in [-0.39, 0.29) is 0 Å². The third-order valence-corrected chi connectivity index (χ3v) is 2.52. The van der Waals surface area contributed by atoms with Crippen molar-refractivity contribution in [2.24, 2.45) is 0 Å². The van der Waals surface area contributed by atoms with Crippen LogP contribution in [-0.2, 0) is 4.74 Å². The van der Waals surface area contributed by atoms with Crippen LogP contribution in [0.3, 0.4) is 0 Å². The van der Waals surface area contributed by atoms with Crippen molar-refractivity contribution >= 4 is 11.7 Å². The summed E-state index contributed by atoms with van der Waals surface area (Å²) >= 11 is 0. The second kappa shape index (κ2) is 6.85. The summed E-state index contributed by atoms with van der Waals surface area (Å²) in [7, 11) is 3.41. The van der Waals surface area contributed by atoms with Gasteiger partial charge in [0, 0.05) is 25.0 Å². The maximum atomic E-state index is 11.3. The lowest BCUT2D eigenvalue weighted by Gasteiger charge is -2.14. The van der Waals surface area contributed by atoms with Crippen LogP contribution in [0.15, 0.2) is 18.3 Å². The largest absolute Gasteiger partial charge is 0.464 e. The number of methoxy groups -OCH3 is 1. The molecule has 0 fully saturated rings. The van der Waals surface area contributed by atoms with Gasteiger partial charge >= 0.3 is 5.97 Å². The molecular formula is C12H19N3O2. The van der Waals surface area contributed by atoms with Gasteiger partial charge < -0.3 is 15.0 Å². The highest BCUT2D eigenvalue weighted by Gasteiger charge is 2.06. The molecule has 5 nitrogen and oxygen atoms in total. The van der Waals surface area contributed by atoms with Crippen molar-refractivity contribution in [2.75, 3.05) is 39.1 Å². The van der Waals surface area contributed by atoms with E-state index in [1.165, 1.54) is 7.11 Å². The number of hydrogen-bond donors (Lipinski definition) is 1. The highest BCUT2D eigenvalue weighted by molar-refractivity contribution is 5.88. The zero-order valence-corrected chi connectivity index (χ0v) is 10.6. The lowest BCUT2D eigenvalue weighted by atomic mass is 10.3. The van der Waals surface area contributed by atoms with Crippen LogP contribution in [0.4, 0.5) is 5.69 Å². The Morgan fingerprint density at radius 1 is 1.59 bits per heavy atom. The molecule has 0 saturated heterocycles. The molecule has 0 atom stereocenters. The van der Waals surface area contributed by atoms with Crippen molar-refractivity contribution in [3.63, 3.8) is 0 Å². The molecule has 0 spiro atoms. The molecule has 1 rings (SSSR count). The SMILES string of the molecule is CCN(C)CCNc1ccnc(C(=O)OC)c1. The monoisotopic (exact) mass is 237 g/mol. The highest BCUT2D eigenvalue weighted by Crippen LogP contribution is 2.08. The summed E-state index contributed by atoms with van der Waals surface area (Å²) in [6.45, 7) is 4.91. The molecule has 0 aliphatic rings. The lowest BCUT2D eigenvalue weighted by Crippen LogP contribution is -2.24. The maximum Gasteiger partial charge on any atom is 0.356 e. The lowest BCUT2D eigenvalue weighted by molar-refractivity contribution is 0.0594. The van der Waals surface area contributed by atoms with Crippen LogP contribution >= 0.6 is 0 Å². The molecule has 17 heavy (non-hydrogen) atoms. The molecule has 1 aromatic rings. The summed E-state index contributed by atoms with van der Waals surface area (Å²) < 4.78 is 4.61. The molecule has 1 N–H and O–H groups in total. The van der Waals surface area contributed by atoms with Crippen molar-refractivity contribution < 1.29 is 9.53 Å². The van der Waals surface area contributed by atoms with E-state index in [2.05, 4.69) is 33.9 Å². The molecule has 1 aromatic heterocycles. The second-order valence-corrected chi connectivity index (χ2v) is 3.74. The van der Waals surface area contributed by atoms with Crippen LogP contribution in [-0.4, -0.2) is 49.6 Å². The number of hydrogen-bond acceptors (Lipinski definition) is 5. The molecular weight excluding hydrogens is 218 g/mol. The van der Waals surface area contributed by atoms with Gasteiger partial charge in [-0.3, -0.25) is 0 Å². The number of nitrogens with zero attached hydrogens (tertiary/aromatic N) is 2. The Bertz CT molecular complexity index is 369. The van der Waals surface area contributed by atoms with E-state index in [0.29, 0.717) is 5.69 Å². The summed E-state index contributed by atoms with van der Waals surface area (Å²) in [6.07, 6.45) is 1.60. The summed E-state index contributed by atoms with van der Waals surface area (Å²) in [4.78, 5) is 17.4. The normalized spacial score (nSPS) is 10.4. The molecule has 0 unspecified atom stereocenters. The van der Waals surface area contributed by atoms with Gasteiger partial charge in [-0.2, -0.15) is 0 Å². The first-order valence-electron chi connectivity index (χ1n) is 5.64. The average molecular weight is 237 g/mol. The van der Waals surface area contributed by atoms with Gasteiger partial charge in [-0.05, 0) is 25.7 Å². The second-order valence-electron chi connectivity index (χ2n) is 3.74. The Labute approximate surface area is 102 Å². The molecule has 1 heterocycles. The topological polar surface area (TPSA) is 54.5 Å². The highest BCUT2D eigenvalue weighted by atomic mass is 16.5. The third-order valence-electron chi connectivity index (χ3n) is 2.52. The number of rotatable bonds is 6. The Balaban J connectivity index is 2.51. The first-order valence-corrected chi connectivity index (χ1v) is 5.64. The Morgan fingerprint density at radius 2 is 2.35 bits per heavy atom. The van der Waals surface area contributed by atoms with E-state index in [1.807, 2.05) is 6.07 Å². The molecule has 0 bridgehead atoms. The smallest absolute Gasteiger partial charge is 0.356 e. The summed E-state index contributed by atoms with van der Waals surface area (Å²) in [5, 5.41) is 3.24. The molecule has 0 aromatic carbocycles. The standard InChI is InChI=1S/C12H19N3O2/c1-4-15(2)8-7-13-10-5-6-14-11(9-10)12(16)17-3/h5-6,9H,4,7-8H2,1-3H3,(H,13,14). The molecule has 0 radical (unpaired) electrons. The Morgan fingerprint density at radius 3 is 3.00 bits per heavy atom. The van der Waals surface area contributed by atoms with Gasteiger partial charge in [-0.15, -0.1) is 0 Å². The minimum atomic E-state index is -0.417. The number of esters is 1. The number of likely N-dealkylation sites (N-methyl/N-ethyl adjacent to an activating group) is 1. The van der Waals surface area contributed by atoms with Gasteiger partial charge in [0.05, 0.1) is 7.11 Å². The minimum absolute atomic E-state index is 0.321. The Kier molecular flexibility index (Phi) is 5.42. The molecule has 94 valence electrons. The van der Waals surface area contributed by atoms with Gasteiger partial charge in [-0.25, -0.2) is 9.78 Å². The van der Waals surface area contributed by atoms with E-state index in [1.54, 1.807) is 12.3 Å². The van der Waals surface area contributed by atoms with Crippen LogP contribution in [0.2, 0.25) is 0 Å². The van der Waals surface area contributed by atoms with Crippen molar-refractivity contribution in [2.45, 2.75) is 6.92 Å². The number of aromatic nitrogens is 1. The number of pyridine rings is 1. The predicted molar refractivity (Wildman–Crippen MR) is 67.2 cm³/mol. The van der Waals surface area contributed by atoms with E-state index < -0.39 is 5.97 Å². The fourth-order valence-corrected chi connectivity index (χ4v) is 1.31. The Hall–Kier alpha value is -1.62. The van der Waals surface area contributed by atoms with E-state index in [4.69, 9.17) is 0 Å². The first kappa shape index (κ1) is 13.4. The van der Waals surface area contributed by atoms with Crippen LogP contribution in [0.5, 0.6) is 0 Å². The van der Waals surface area contributed by atoms with Crippen molar-refractivity contribution in [3.05, 3.63) is 24.0 Å². The fourth-order valence-electron chi connectivity index (χ4n) is 1.31. The maximum absolute atomic E-state index is 11.3. The molecule has 0 amide bonds. The van der Waals surface area contributed by atoms with Crippen LogP contribution in [0.1, 0.15) is 17.4 Å². The number of nitrogens with one attached hydrogen (secondary N) is 1. The zero-order chi connectivity index (χ0) is 12.7. The average Bonchev–Trinajstić information content (AvgIpc) is 2.38. The number of ether oxygens (including phenoxy) is 1. The van der Waals surface area contributed by atoms with E-state index >= 15 is 0 Å². The number of carbonyl (C=O) groups excluding carboxylic acids is 1.